The van der Waals surface area contributed by atoms with Crippen LogP contribution in [0, 0.1) is 50.2 Å². The molecular formula is C30H48O. The van der Waals surface area contributed by atoms with E-state index in [0.29, 0.717) is 38.8 Å². The fourth-order valence-electron chi connectivity index (χ4n) is 10.3. The quantitative estimate of drug-likeness (QED) is 0.357. The summed E-state index contributed by atoms with van der Waals surface area (Å²) in [5, 5.41) is 0. The minimum atomic E-state index is -0.141. The second-order valence-corrected chi connectivity index (χ2v) is 15.0. The second-order valence-electron chi connectivity index (χ2n) is 15.0. The SMILES string of the molecule is CC1(C)CC[C@]2(C)CC[C@]3(C)C(=CC[C@@H]4[C@@]5(C)CCC(=O)C(C)(C)[C@H]5CC[C@]43C)[C@@H]2C1. The molecule has 0 spiro atoms. The Bertz CT molecular complexity index is 831. The monoisotopic (exact) mass is 424 g/mol. The maximum absolute atomic E-state index is 12.9. The maximum Gasteiger partial charge on any atom is 0.138 e. The Kier molecular flexibility index (Phi) is 4.51. The molecule has 4 saturated carbocycles. The molecule has 5 aliphatic carbocycles. The van der Waals surface area contributed by atoms with E-state index in [0.717, 1.165) is 24.7 Å². The summed E-state index contributed by atoms with van der Waals surface area (Å²) in [6.07, 6.45) is 15.5. The third-order valence-corrected chi connectivity index (χ3v) is 12.8. The predicted molar refractivity (Wildman–Crippen MR) is 130 cm³/mol. The Hall–Kier alpha value is -0.590. The normalized spacial score (nSPS) is 52.8. The van der Waals surface area contributed by atoms with Gasteiger partial charge in [0.25, 0.3) is 0 Å². The molecule has 4 fully saturated rings. The summed E-state index contributed by atoms with van der Waals surface area (Å²) in [6.45, 7) is 20.1. The molecule has 5 rings (SSSR count). The molecule has 0 aromatic rings. The molecule has 0 bridgehead atoms. The lowest BCUT2D eigenvalue weighted by Gasteiger charge is -2.70. The van der Waals surface area contributed by atoms with Crippen LogP contribution in [0.3, 0.4) is 0 Å². The van der Waals surface area contributed by atoms with Gasteiger partial charge in [0.1, 0.15) is 5.78 Å². The number of fused-ring (bicyclic) bond motifs is 7. The first-order valence-corrected chi connectivity index (χ1v) is 13.4. The van der Waals surface area contributed by atoms with Gasteiger partial charge in [-0.05, 0) is 103 Å². The standard InChI is InChI=1S/C30H48O/c1-25(2)15-16-27(5)17-18-29(7)20(21(27)19-25)9-10-23-28(6)13-12-24(31)26(3,4)22(28)11-14-30(23,29)8/h9,21-23H,10-19H2,1-8H3/t21-,22+,23+,27+,28-,29+,30+/m0/s1. The van der Waals surface area contributed by atoms with Crippen LogP contribution in [0.15, 0.2) is 11.6 Å². The van der Waals surface area contributed by atoms with Gasteiger partial charge >= 0.3 is 0 Å². The van der Waals surface area contributed by atoms with Crippen LogP contribution in [-0.2, 0) is 4.79 Å². The lowest BCUT2D eigenvalue weighted by molar-refractivity contribution is -0.184. The van der Waals surface area contributed by atoms with Crippen LogP contribution < -0.4 is 0 Å². The van der Waals surface area contributed by atoms with Crippen molar-refractivity contribution in [2.24, 2.45) is 50.2 Å². The highest BCUT2D eigenvalue weighted by molar-refractivity contribution is 5.85. The predicted octanol–water partition coefficient (Wildman–Crippen LogP) is 8.38. The Labute approximate surface area is 192 Å². The van der Waals surface area contributed by atoms with Crippen LogP contribution in [-0.4, -0.2) is 5.78 Å². The molecule has 7 atom stereocenters. The summed E-state index contributed by atoms with van der Waals surface area (Å²) in [7, 11) is 0. The molecule has 174 valence electrons. The van der Waals surface area contributed by atoms with E-state index >= 15 is 0 Å². The van der Waals surface area contributed by atoms with E-state index in [1.54, 1.807) is 0 Å². The molecule has 1 heteroatoms. The van der Waals surface area contributed by atoms with Crippen LogP contribution in [0.2, 0.25) is 0 Å². The van der Waals surface area contributed by atoms with Crippen LogP contribution in [0.25, 0.3) is 0 Å². The van der Waals surface area contributed by atoms with Crippen molar-refractivity contribution in [2.75, 3.05) is 0 Å². The zero-order valence-electron chi connectivity index (χ0n) is 21.8. The summed E-state index contributed by atoms with van der Waals surface area (Å²) in [5.41, 5.74) is 3.75. The lowest BCUT2D eigenvalue weighted by atomic mass is 9.34. The van der Waals surface area contributed by atoms with E-state index in [-0.39, 0.29) is 5.41 Å². The number of ketones is 1. The smallest absolute Gasteiger partial charge is 0.138 e. The van der Waals surface area contributed by atoms with Gasteiger partial charge in [-0.1, -0.05) is 67.0 Å². The van der Waals surface area contributed by atoms with Gasteiger partial charge < -0.3 is 0 Å². The van der Waals surface area contributed by atoms with E-state index in [1.807, 2.05) is 5.57 Å². The molecule has 0 heterocycles. The van der Waals surface area contributed by atoms with Gasteiger partial charge in [-0.3, -0.25) is 4.79 Å². The molecule has 0 unspecified atom stereocenters. The van der Waals surface area contributed by atoms with Crippen molar-refractivity contribution >= 4 is 5.78 Å². The third-order valence-electron chi connectivity index (χ3n) is 12.8. The number of allylic oxidation sites excluding steroid dienone is 2. The highest BCUT2D eigenvalue weighted by Gasteiger charge is 2.67. The molecule has 0 radical (unpaired) electrons. The number of carbonyl (C=O) groups is 1. The number of Topliss-reactive ketones (excluding diaryl/α,β-unsaturated/α-hetero) is 1. The fourth-order valence-corrected chi connectivity index (χ4v) is 10.3. The van der Waals surface area contributed by atoms with E-state index in [9.17, 15) is 4.79 Å². The summed E-state index contributed by atoms with van der Waals surface area (Å²) < 4.78 is 0. The molecule has 0 amide bonds. The second kappa shape index (κ2) is 6.29. The number of carbonyl (C=O) groups excluding carboxylic acids is 1. The van der Waals surface area contributed by atoms with Gasteiger partial charge in [0.2, 0.25) is 0 Å². The molecule has 0 saturated heterocycles. The van der Waals surface area contributed by atoms with Crippen molar-refractivity contribution in [3.63, 3.8) is 0 Å². The first-order valence-electron chi connectivity index (χ1n) is 13.4. The Morgan fingerprint density at radius 3 is 2.19 bits per heavy atom. The molecule has 0 N–H and O–H groups in total. The Balaban J connectivity index is 1.58. The summed E-state index contributed by atoms with van der Waals surface area (Å²) in [6, 6.07) is 0. The van der Waals surface area contributed by atoms with Crippen molar-refractivity contribution < 1.29 is 4.79 Å². The van der Waals surface area contributed by atoms with Gasteiger partial charge in [0, 0.05) is 11.8 Å². The first kappa shape index (κ1) is 22.2. The third kappa shape index (κ3) is 2.70. The lowest BCUT2D eigenvalue weighted by Crippen LogP contribution is -2.64. The largest absolute Gasteiger partial charge is 0.299 e. The van der Waals surface area contributed by atoms with Gasteiger partial charge in [-0.25, -0.2) is 0 Å². The molecule has 0 aliphatic heterocycles. The average molecular weight is 425 g/mol. The molecule has 0 aromatic heterocycles. The van der Waals surface area contributed by atoms with E-state index in [1.165, 1.54) is 51.4 Å². The highest BCUT2D eigenvalue weighted by Crippen LogP contribution is 2.75. The van der Waals surface area contributed by atoms with Gasteiger partial charge in [-0.15, -0.1) is 0 Å². The molecule has 31 heavy (non-hydrogen) atoms. The van der Waals surface area contributed by atoms with E-state index in [2.05, 4.69) is 61.5 Å². The summed E-state index contributed by atoms with van der Waals surface area (Å²) in [5.74, 6) is 2.58. The number of hydrogen-bond donors (Lipinski definition) is 0. The van der Waals surface area contributed by atoms with Crippen molar-refractivity contribution in [2.45, 2.75) is 120 Å². The zero-order chi connectivity index (χ0) is 22.7. The van der Waals surface area contributed by atoms with Crippen molar-refractivity contribution in [1.29, 1.82) is 0 Å². The molecule has 5 aliphatic rings. The van der Waals surface area contributed by atoms with Crippen LogP contribution >= 0.6 is 0 Å². The fraction of sp³-hybridized carbons (Fsp3) is 0.900. The molecular weight excluding hydrogens is 376 g/mol. The highest BCUT2D eigenvalue weighted by atomic mass is 16.1. The van der Waals surface area contributed by atoms with Crippen LogP contribution in [0.1, 0.15) is 120 Å². The van der Waals surface area contributed by atoms with E-state index < -0.39 is 0 Å². The summed E-state index contributed by atoms with van der Waals surface area (Å²) in [4.78, 5) is 12.9. The number of hydrogen-bond acceptors (Lipinski definition) is 1. The topological polar surface area (TPSA) is 17.1 Å². The average Bonchev–Trinajstić information content (AvgIpc) is 2.67. The molecule has 1 nitrogen and oxygen atoms in total. The number of rotatable bonds is 0. The van der Waals surface area contributed by atoms with Crippen molar-refractivity contribution in [3.05, 3.63) is 11.6 Å². The molecule has 0 aromatic carbocycles. The zero-order valence-corrected chi connectivity index (χ0v) is 21.8. The van der Waals surface area contributed by atoms with Crippen LogP contribution in [0.5, 0.6) is 0 Å². The van der Waals surface area contributed by atoms with Gasteiger partial charge in [-0.2, -0.15) is 0 Å². The first-order chi connectivity index (χ1) is 14.2. The van der Waals surface area contributed by atoms with Crippen LogP contribution in [0.4, 0.5) is 0 Å². The van der Waals surface area contributed by atoms with Gasteiger partial charge in [0.05, 0.1) is 0 Å². The Morgan fingerprint density at radius 2 is 1.48 bits per heavy atom. The maximum atomic E-state index is 12.9. The minimum absolute atomic E-state index is 0.141. The summed E-state index contributed by atoms with van der Waals surface area (Å²) >= 11 is 0. The Morgan fingerprint density at radius 1 is 0.806 bits per heavy atom. The van der Waals surface area contributed by atoms with Crippen molar-refractivity contribution in [3.8, 4) is 0 Å². The van der Waals surface area contributed by atoms with E-state index in [4.69, 9.17) is 0 Å². The van der Waals surface area contributed by atoms with Gasteiger partial charge in [0.15, 0.2) is 0 Å². The van der Waals surface area contributed by atoms with Crippen molar-refractivity contribution in [1.82, 2.24) is 0 Å². The minimum Gasteiger partial charge on any atom is -0.299 e.